The van der Waals surface area contributed by atoms with E-state index in [1.54, 1.807) is 24.3 Å². The number of methoxy groups -OCH3 is 1. The lowest BCUT2D eigenvalue weighted by Gasteiger charge is -2.29. The fraction of sp³-hybridized carbons (Fsp3) is 0.529. The number of urea groups is 1. The second-order valence-electron chi connectivity index (χ2n) is 6.16. The molecule has 1 heterocycles. The standard InChI is InChI=1S/C17H26N4O3/c1-21-9-3-4-13(11-21)10-18-17(23)20-15-7-5-14(6-8-15)19-16(22)12-24-2/h5-8,13H,3-4,9-12H2,1-2H3,(H,19,22)(H2,18,20,23). The van der Waals surface area contributed by atoms with E-state index >= 15 is 0 Å². The van der Waals surface area contributed by atoms with Crippen LogP contribution >= 0.6 is 0 Å². The van der Waals surface area contributed by atoms with Gasteiger partial charge in [0.05, 0.1) is 0 Å². The van der Waals surface area contributed by atoms with Crippen molar-refractivity contribution < 1.29 is 14.3 Å². The van der Waals surface area contributed by atoms with Crippen molar-refractivity contribution in [1.29, 1.82) is 0 Å². The fourth-order valence-corrected chi connectivity index (χ4v) is 2.82. The molecule has 1 aromatic rings. The lowest BCUT2D eigenvalue weighted by atomic mass is 9.99. The highest BCUT2D eigenvalue weighted by Gasteiger charge is 2.17. The Hall–Kier alpha value is -2.12. The second-order valence-corrected chi connectivity index (χ2v) is 6.16. The SMILES string of the molecule is COCC(=O)Nc1ccc(NC(=O)NCC2CCCN(C)C2)cc1. The van der Waals surface area contributed by atoms with Crippen LogP contribution in [0, 0.1) is 5.92 Å². The van der Waals surface area contributed by atoms with Gasteiger partial charge in [-0.05, 0) is 56.6 Å². The number of carbonyl (C=O) groups is 2. The number of benzene rings is 1. The summed E-state index contributed by atoms with van der Waals surface area (Å²) in [5.74, 6) is 0.293. The molecular formula is C17H26N4O3. The van der Waals surface area contributed by atoms with Crippen LogP contribution in [0.2, 0.25) is 0 Å². The van der Waals surface area contributed by atoms with Gasteiger partial charge in [-0.25, -0.2) is 4.79 Å². The van der Waals surface area contributed by atoms with Crippen molar-refractivity contribution in [1.82, 2.24) is 10.2 Å². The van der Waals surface area contributed by atoms with Crippen molar-refractivity contribution in [2.24, 2.45) is 5.92 Å². The van der Waals surface area contributed by atoms with Crippen molar-refractivity contribution in [2.45, 2.75) is 12.8 Å². The lowest BCUT2D eigenvalue weighted by Crippen LogP contribution is -2.40. The second kappa shape index (κ2) is 9.24. The zero-order valence-electron chi connectivity index (χ0n) is 14.3. The number of amides is 3. The summed E-state index contributed by atoms with van der Waals surface area (Å²) < 4.78 is 4.76. The van der Waals surface area contributed by atoms with Gasteiger partial charge in [-0.2, -0.15) is 0 Å². The van der Waals surface area contributed by atoms with Gasteiger partial charge in [0.25, 0.3) is 0 Å². The van der Waals surface area contributed by atoms with Crippen LogP contribution in [0.25, 0.3) is 0 Å². The van der Waals surface area contributed by atoms with Gasteiger partial charge in [0.1, 0.15) is 6.61 Å². The molecule has 2 rings (SSSR count). The Morgan fingerprint density at radius 3 is 2.50 bits per heavy atom. The number of hydrogen-bond donors (Lipinski definition) is 3. The van der Waals surface area contributed by atoms with E-state index in [9.17, 15) is 9.59 Å². The lowest BCUT2D eigenvalue weighted by molar-refractivity contribution is -0.119. The summed E-state index contributed by atoms with van der Waals surface area (Å²) in [4.78, 5) is 25.7. The average Bonchev–Trinajstić information content (AvgIpc) is 2.55. The van der Waals surface area contributed by atoms with Crippen molar-refractivity contribution in [3.05, 3.63) is 24.3 Å². The minimum absolute atomic E-state index is 0.0127. The Kier molecular flexibility index (Phi) is 7.02. The first-order valence-electron chi connectivity index (χ1n) is 8.19. The summed E-state index contributed by atoms with van der Waals surface area (Å²) in [6, 6.07) is 6.75. The third-order valence-corrected chi connectivity index (χ3v) is 3.98. The Morgan fingerprint density at radius 1 is 1.21 bits per heavy atom. The number of rotatable bonds is 6. The predicted molar refractivity (Wildman–Crippen MR) is 94.2 cm³/mol. The molecule has 1 aliphatic heterocycles. The van der Waals surface area contributed by atoms with Crippen LogP contribution in [0.3, 0.4) is 0 Å². The van der Waals surface area contributed by atoms with Gasteiger partial charge < -0.3 is 25.6 Å². The molecule has 7 nitrogen and oxygen atoms in total. The predicted octanol–water partition coefficient (Wildman–Crippen LogP) is 1.73. The van der Waals surface area contributed by atoms with Gasteiger partial charge >= 0.3 is 6.03 Å². The van der Waals surface area contributed by atoms with Crippen molar-refractivity contribution in [3.63, 3.8) is 0 Å². The highest BCUT2D eigenvalue weighted by molar-refractivity contribution is 5.93. The Bertz CT molecular complexity index is 547. The number of anilines is 2. The van der Waals surface area contributed by atoms with Crippen molar-refractivity contribution in [2.75, 3.05) is 51.0 Å². The molecule has 3 amide bonds. The van der Waals surface area contributed by atoms with E-state index in [1.807, 2.05) is 0 Å². The van der Waals surface area contributed by atoms with E-state index in [2.05, 4.69) is 27.9 Å². The number of piperidine rings is 1. The molecule has 3 N–H and O–H groups in total. The molecule has 1 aliphatic rings. The van der Waals surface area contributed by atoms with Crippen molar-refractivity contribution in [3.8, 4) is 0 Å². The van der Waals surface area contributed by atoms with Crippen molar-refractivity contribution >= 4 is 23.3 Å². The molecular weight excluding hydrogens is 308 g/mol. The third kappa shape index (κ3) is 6.17. The number of carbonyl (C=O) groups excluding carboxylic acids is 2. The molecule has 0 saturated carbocycles. The average molecular weight is 334 g/mol. The summed E-state index contributed by atoms with van der Waals surface area (Å²) in [5.41, 5.74) is 1.34. The minimum Gasteiger partial charge on any atom is -0.375 e. The monoisotopic (exact) mass is 334 g/mol. The summed E-state index contributed by atoms with van der Waals surface area (Å²) in [6.45, 7) is 2.85. The first-order valence-corrected chi connectivity index (χ1v) is 8.19. The highest BCUT2D eigenvalue weighted by atomic mass is 16.5. The van der Waals surface area contributed by atoms with Crippen LogP contribution in [0.4, 0.5) is 16.2 Å². The van der Waals surface area contributed by atoms with E-state index in [1.165, 1.54) is 13.5 Å². The molecule has 0 spiro atoms. The van der Waals surface area contributed by atoms with E-state index < -0.39 is 0 Å². The number of likely N-dealkylation sites (tertiary alicyclic amines) is 1. The zero-order valence-corrected chi connectivity index (χ0v) is 14.3. The quantitative estimate of drug-likeness (QED) is 0.740. The van der Waals surface area contributed by atoms with E-state index in [0.717, 1.165) is 19.5 Å². The smallest absolute Gasteiger partial charge is 0.319 e. The van der Waals surface area contributed by atoms with E-state index in [4.69, 9.17) is 4.74 Å². The normalized spacial score (nSPS) is 18.0. The van der Waals surface area contributed by atoms with Gasteiger partial charge in [0.2, 0.25) is 5.91 Å². The third-order valence-electron chi connectivity index (χ3n) is 3.98. The molecule has 1 fully saturated rings. The van der Waals surface area contributed by atoms with Gasteiger partial charge in [-0.15, -0.1) is 0 Å². The number of nitrogens with zero attached hydrogens (tertiary/aromatic N) is 1. The number of nitrogens with one attached hydrogen (secondary N) is 3. The molecule has 1 saturated heterocycles. The summed E-state index contributed by atoms with van der Waals surface area (Å²) in [5, 5.41) is 8.42. The maximum Gasteiger partial charge on any atom is 0.319 e. The van der Waals surface area contributed by atoms with Gasteiger partial charge in [-0.3, -0.25) is 4.79 Å². The molecule has 1 unspecified atom stereocenters. The molecule has 1 atom stereocenters. The van der Waals surface area contributed by atoms with Gasteiger partial charge in [0.15, 0.2) is 0 Å². The molecule has 0 bridgehead atoms. The number of hydrogen-bond acceptors (Lipinski definition) is 4. The first kappa shape index (κ1) is 18.2. The molecule has 1 aromatic carbocycles. The van der Waals surface area contributed by atoms with Crippen LogP contribution in [0.5, 0.6) is 0 Å². The van der Waals surface area contributed by atoms with Crippen LogP contribution in [0.1, 0.15) is 12.8 Å². The summed E-state index contributed by atoms with van der Waals surface area (Å²) >= 11 is 0. The molecule has 0 aromatic heterocycles. The molecule has 0 aliphatic carbocycles. The minimum atomic E-state index is -0.214. The summed E-state index contributed by atoms with van der Waals surface area (Å²) in [7, 11) is 3.58. The molecule has 24 heavy (non-hydrogen) atoms. The summed E-state index contributed by atoms with van der Waals surface area (Å²) in [6.07, 6.45) is 2.33. The first-order chi connectivity index (χ1) is 11.6. The Balaban J connectivity index is 1.74. The zero-order chi connectivity index (χ0) is 17.4. The van der Waals surface area contributed by atoms with Gasteiger partial charge in [0, 0.05) is 31.6 Å². The maximum absolute atomic E-state index is 12.0. The van der Waals surface area contributed by atoms with Crippen LogP contribution in [0.15, 0.2) is 24.3 Å². The Morgan fingerprint density at radius 2 is 1.88 bits per heavy atom. The van der Waals surface area contributed by atoms with Gasteiger partial charge in [-0.1, -0.05) is 0 Å². The van der Waals surface area contributed by atoms with E-state index in [-0.39, 0.29) is 18.5 Å². The van der Waals surface area contributed by atoms with E-state index in [0.29, 0.717) is 23.8 Å². The molecule has 0 radical (unpaired) electrons. The number of ether oxygens (including phenoxy) is 1. The highest BCUT2D eigenvalue weighted by Crippen LogP contribution is 2.15. The van der Waals surface area contributed by atoms with Crippen LogP contribution < -0.4 is 16.0 Å². The fourth-order valence-electron chi connectivity index (χ4n) is 2.82. The molecule has 7 heteroatoms. The Labute approximate surface area is 142 Å². The largest absolute Gasteiger partial charge is 0.375 e. The maximum atomic E-state index is 12.0. The topological polar surface area (TPSA) is 82.7 Å². The van der Waals surface area contributed by atoms with Crippen LogP contribution in [-0.4, -0.2) is 57.2 Å². The van der Waals surface area contributed by atoms with Crippen LogP contribution in [-0.2, 0) is 9.53 Å². The molecule has 132 valence electrons.